The number of carbonyl (C=O) groups is 1. The van der Waals surface area contributed by atoms with Gasteiger partial charge in [-0.15, -0.1) is 0 Å². The number of hydrogen-bond donors (Lipinski definition) is 1. The predicted octanol–water partition coefficient (Wildman–Crippen LogP) is 5.96. The van der Waals surface area contributed by atoms with Crippen molar-refractivity contribution in [2.24, 2.45) is 7.05 Å². The molecule has 0 spiro atoms. The second-order valence-electron chi connectivity index (χ2n) is 10.0. The summed E-state index contributed by atoms with van der Waals surface area (Å²) in [5, 5.41) is 4.78. The lowest BCUT2D eigenvalue weighted by atomic mass is 9.90. The highest BCUT2D eigenvalue weighted by Gasteiger charge is 2.31. The molecule has 1 aliphatic carbocycles. The van der Waals surface area contributed by atoms with Gasteiger partial charge in [0.1, 0.15) is 11.4 Å². The molecule has 0 aliphatic heterocycles. The third kappa shape index (κ3) is 4.65. The van der Waals surface area contributed by atoms with Gasteiger partial charge in [-0.2, -0.15) is 0 Å². The fraction of sp³-hybridized carbons (Fsp3) is 0.444. The fourth-order valence-corrected chi connectivity index (χ4v) is 4.77. The molecule has 0 radical (unpaired) electrons. The van der Waals surface area contributed by atoms with Crippen LogP contribution in [0.2, 0.25) is 0 Å². The SMILES string of the molecule is COc1ccc(Nc2ccc3c4c(n(C)c3c2)CCC(N(C)C(=O)OC(C)(C)C)C4)cc1C. The van der Waals surface area contributed by atoms with Gasteiger partial charge < -0.3 is 24.3 Å². The first-order valence-electron chi connectivity index (χ1n) is 11.5. The highest BCUT2D eigenvalue weighted by atomic mass is 16.6. The van der Waals surface area contributed by atoms with E-state index in [-0.39, 0.29) is 12.1 Å². The van der Waals surface area contributed by atoms with Gasteiger partial charge in [-0.3, -0.25) is 0 Å². The van der Waals surface area contributed by atoms with E-state index in [0.717, 1.165) is 42.0 Å². The van der Waals surface area contributed by atoms with Crippen molar-refractivity contribution in [3.05, 3.63) is 53.2 Å². The number of nitrogens with zero attached hydrogens (tertiary/aromatic N) is 2. The van der Waals surface area contributed by atoms with E-state index in [2.05, 4.69) is 41.2 Å². The van der Waals surface area contributed by atoms with Crippen LogP contribution in [0.4, 0.5) is 16.2 Å². The van der Waals surface area contributed by atoms with E-state index >= 15 is 0 Å². The highest BCUT2D eigenvalue weighted by Crippen LogP contribution is 2.35. The van der Waals surface area contributed by atoms with Gasteiger partial charge in [0.2, 0.25) is 0 Å². The summed E-state index contributed by atoms with van der Waals surface area (Å²) in [6.07, 6.45) is 2.46. The number of benzene rings is 2. The number of hydrogen-bond acceptors (Lipinski definition) is 4. The smallest absolute Gasteiger partial charge is 0.410 e. The maximum atomic E-state index is 12.6. The number of methoxy groups -OCH3 is 1. The minimum absolute atomic E-state index is 0.137. The molecule has 1 unspecified atom stereocenters. The van der Waals surface area contributed by atoms with Gasteiger partial charge in [-0.05, 0) is 88.4 Å². The number of likely N-dealkylation sites (N-methyl/N-ethyl adjacent to an activating group) is 1. The number of carbonyl (C=O) groups excluding carboxylic acids is 1. The molecule has 1 aromatic heterocycles. The zero-order chi connectivity index (χ0) is 23.9. The van der Waals surface area contributed by atoms with E-state index in [0.29, 0.717) is 0 Å². The van der Waals surface area contributed by atoms with Crippen LogP contribution >= 0.6 is 0 Å². The Morgan fingerprint density at radius 3 is 2.52 bits per heavy atom. The van der Waals surface area contributed by atoms with Gasteiger partial charge in [0, 0.05) is 42.6 Å². The van der Waals surface area contributed by atoms with E-state index in [1.807, 2.05) is 46.9 Å². The summed E-state index contributed by atoms with van der Waals surface area (Å²) >= 11 is 0. The van der Waals surface area contributed by atoms with Crippen molar-refractivity contribution < 1.29 is 14.3 Å². The average Bonchev–Trinajstić information content (AvgIpc) is 3.03. The summed E-state index contributed by atoms with van der Waals surface area (Å²) in [7, 11) is 5.69. The van der Waals surface area contributed by atoms with Crippen LogP contribution in [-0.2, 0) is 24.6 Å². The maximum absolute atomic E-state index is 12.6. The number of rotatable bonds is 4. The van der Waals surface area contributed by atoms with Gasteiger partial charge >= 0.3 is 6.09 Å². The molecule has 2 aromatic carbocycles. The second-order valence-corrected chi connectivity index (χ2v) is 10.0. The van der Waals surface area contributed by atoms with E-state index in [1.54, 1.807) is 12.0 Å². The van der Waals surface area contributed by atoms with E-state index in [9.17, 15) is 4.79 Å². The van der Waals surface area contributed by atoms with Gasteiger partial charge in [0.05, 0.1) is 12.6 Å². The van der Waals surface area contributed by atoms with Crippen molar-refractivity contribution in [1.29, 1.82) is 0 Å². The molecule has 1 atom stereocenters. The van der Waals surface area contributed by atoms with Crippen molar-refractivity contribution >= 4 is 28.4 Å². The first kappa shape index (κ1) is 23.0. The van der Waals surface area contributed by atoms with Crippen LogP contribution in [0, 0.1) is 6.92 Å². The van der Waals surface area contributed by atoms with Gasteiger partial charge in [-0.1, -0.05) is 6.07 Å². The first-order chi connectivity index (χ1) is 15.6. The summed E-state index contributed by atoms with van der Waals surface area (Å²) in [5.74, 6) is 0.886. The standard InChI is InChI=1S/C27H35N3O3/c1-17-14-18(9-13-25(17)32-7)28-19-8-11-21-22-16-20(29(5)26(31)33-27(2,3)4)10-12-23(22)30(6)24(21)15-19/h8-9,11,13-15,20,28H,10,12,16H2,1-7H3. The molecule has 1 N–H and O–H groups in total. The Labute approximate surface area is 196 Å². The second kappa shape index (κ2) is 8.65. The summed E-state index contributed by atoms with van der Waals surface area (Å²) in [5.41, 5.74) is 6.59. The van der Waals surface area contributed by atoms with Crippen LogP contribution in [0.3, 0.4) is 0 Å². The van der Waals surface area contributed by atoms with Gasteiger partial charge in [-0.25, -0.2) is 4.79 Å². The third-order valence-corrected chi connectivity index (χ3v) is 6.50. The molecule has 1 aliphatic rings. The molecule has 4 rings (SSSR count). The van der Waals surface area contributed by atoms with Gasteiger partial charge in [0.15, 0.2) is 0 Å². The zero-order valence-electron chi connectivity index (χ0n) is 20.8. The van der Waals surface area contributed by atoms with Crippen LogP contribution in [0.1, 0.15) is 44.0 Å². The quantitative estimate of drug-likeness (QED) is 0.534. The fourth-order valence-electron chi connectivity index (χ4n) is 4.77. The number of nitrogens with one attached hydrogen (secondary N) is 1. The monoisotopic (exact) mass is 449 g/mol. The molecular formula is C27H35N3O3. The van der Waals surface area contributed by atoms with Crippen LogP contribution in [0.15, 0.2) is 36.4 Å². The molecule has 33 heavy (non-hydrogen) atoms. The number of fused-ring (bicyclic) bond motifs is 3. The van der Waals surface area contributed by atoms with Crippen molar-refractivity contribution in [3.63, 3.8) is 0 Å². The van der Waals surface area contributed by atoms with Crippen molar-refractivity contribution in [2.75, 3.05) is 19.5 Å². The van der Waals surface area contributed by atoms with E-state index in [4.69, 9.17) is 9.47 Å². The largest absolute Gasteiger partial charge is 0.496 e. The molecule has 1 amide bonds. The molecule has 1 heterocycles. The summed E-state index contributed by atoms with van der Waals surface area (Å²) in [6, 6.07) is 12.8. The maximum Gasteiger partial charge on any atom is 0.410 e. The van der Waals surface area contributed by atoms with Crippen LogP contribution in [-0.4, -0.2) is 41.4 Å². The lowest BCUT2D eigenvalue weighted by Crippen LogP contribution is -2.43. The Hall–Kier alpha value is -3.15. The van der Waals surface area contributed by atoms with E-state index in [1.165, 1.54) is 22.2 Å². The molecule has 0 saturated heterocycles. The number of amides is 1. The predicted molar refractivity (Wildman–Crippen MR) is 134 cm³/mol. The van der Waals surface area contributed by atoms with Crippen molar-refractivity contribution in [1.82, 2.24) is 9.47 Å². The molecule has 6 nitrogen and oxygen atoms in total. The lowest BCUT2D eigenvalue weighted by Gasteiger charge is -2.33. The Morgan fingerprint density at radius 2 is 1.85 bits per heavy atom. The number of aromatic nitrogens is 1. The first-order valence-corrected chi connectivity index (χ1v) is 11.5. The number of aryl methyl sites for hydroxylation is 2. The Kier molecular flexibility index (Phi) is 6.04. The Morgan fingerprint density at radius 1 is 1.15 bits per heavy atom. The lowest BCUT2D eigenvalue weighted by molar-refractivity contribution is 0.0210. The Balaban J connectivity index is 1.58. The zero-order valence-corrected chi connectivity index (χ0v) is 20.8. The molecule has 176 valence electrons. The molecule has 0 fully saturated rings. The third-order valence-electron chi connectivity index (χ3n) is 6.50. The molecule has 3 aromatic rings. The molecular weight excluding hydrogens is 414 g/mol. The van der Waals surface area contributed by atoms with Crippen molar-refractivity contribution in [2.45, 2.75) is 58.6 Å². The van der Waals surface area contributed by atoms with Crippen LogP contribution in [0.25, 0.3) is 10.9 Å². The minimum Gasteiger partial charge on any atom is -0.496 e. The van der Waals surface area contributed by atoms with Crippen LogP contribution < -0.4 is 10.1 Å². The number of anilines is 2. The molecule has 0 saturated carbocycles. The summed E-state index contributed by atoms with van der Waals surface area (Å²) < 4.78 is 13.3. The van der Waals surface area contributed by atoms with E-state index < -0.39 is 5.60 Å². The minimum atomic E-state index is -0.490. The normalized spacial score (nSPS) is 15.8. The average molecular weight is 450 g/mol. The van der Waals surface area contributed by atoms with Crippen molar-refractivity contribution in [3.8, 4) is 5.75 Å². The Bertz CT molecular complexity index is 1190. The molecule has 6 heteroatoms. The summed E-state index contributed by atoms with van der Waals surface area (Å²) in [4.78, 5) is 14.4. The number of ether oxygens (including phenoxy) is 2. The van der Waals surface area contributed by atoms with Gasteiger partial charge in [0.25, 0.3) is 0 Å². The highest BCUT2D eigenvalue weighted by molar-refractivity contribution is 5.89. The summed E-state index contributed by atoms with van der Waals surface area (Å²) in [6.45, 7) is 7.76. The molecule has 0 bridgehead atoms. The topological polar surface area (TPSA) is 55.7 Å². The van der Waals surface area contributed by atoms with Crippen LogP contribution in [0.5, 0.6) is 5.75 Å².